The van der Waals surface area contributed by atoms with Crippen molar-refractivity contribution in [1.82, 2.24) is 10.6 Å². The molecular formula is C20H32N3O2+. The molecule has 0 aromatic heterocycles. The van der Waals surface area contributed by atoms with Crippen molar-refractivity contribution in [3.63, 3.8) is 0 Å². The van der Waals surface area contributed by atoms with Gasteiger partial charge in [-0.05, 0) is 30.7 Å². The van der Waals surface area contributed by atoms with Crippen LogP contribution in [-0.4, -0.2) is 24.5 Å². The number of hydrogen-bond donors (Lipinski definition) is 3. The number of quaternary nitrogens is 1. The minimum Gasteiger partial charge on any atom is -0.335 e. The molecule has 1 aromatic rings. The largest absolute Gasteiger partial charge is 0.335 e. The van der Waals surface area contributed by atoms with Gasteiger partial charge in [-0.1, -0.05) is 52.0 Å². The van der Waals surface area contributed by atoms with Crippen LogP contribution in [0.25, 0.3) is 0 Å². The second-order valence-electron chi connectivity index (χ2n) is 7.48. The van der Waals surface area contributed by atoms with Crippen LogP contribution in [0.4, 0.5) is 4.79 Å². The SMILES string of the molecule is CC[C@@H](C)c1ccc([C@@H]([NH2+]CC(=O)NC(=O)NC2CC2)C(C)C)cc1. The van der Waals surface area contributed by atoms with Crippen molar-refractivity contribution in [1.29, 1.82) is 0 Å². The van der Waals surface area contributed by atoms with E-state index in [1.165, 1.54) is 11.1 Å². The summed E-state index contributed by atoms with van der Waals surface area (Å²) in [6, 6.07) is 8.79. The van der Waals surface area contributed by atoms with Crippen molar-refractivity contribution in [2.45, 2.75) is 65.0 Å². The molecule has 1 aliphatic carbocycles. The Bertz CT molecular complexity index is 579. The second-order valence-corrected chi connectivity index (χ2v) is 7.48. The number of rotatable bonds is 8. The van der Waals surface area contributed by atoms with Crippen molar-refractivity contribution < 1.29 is 14.9 Å². The third kappa shape index (κ3) is 6.16. The predicted octanol–water partition coefficient (Wildman–Crippen LogP) is 2.45. The predicted molar refractivity (Wildman–Crippen MR) is 99.2 cm³/mol. The van der Waals surface area contributed by atoms with Gasteiger partial charge in [-0.15, -0.1) is 0 Å². The Balaban J connectivity index is 1.89. The van der Waals surface area contributed by atoms with E-state index in [0.717, 1.165) is 19.3 Å². The summed E-state index contributed by atoms with van der Waals surface area (Å²) in [6.45, 7) is 8.98. The highest BCUT2D eigenvalue weighted by atomic mass is 16.2. The van der Waals surface area contributed by atoms with E-state index < -0.39 is 0 Å². The first-order valence-electron chi connectivity index (χ1n) is 9.44. The Hall–Kier alpha value is -1.88. The number of carbonyl (C=O) groups is 2. The fourth-order valence-electron chi connectivity index (χ4n) is 2.94. The number of imide groups is 1. The van der Waals surface area contributed by atoms with Crippen LogP contribution in [0.15, 0.2) is 24.3 Å². The fraction of sp³-hybridized carbons (Fsp3) is 0.600. The highest BCUT2D eigenvalue weighted by Gasteiger charge is 2.25. The van der Waals surface area contributed by atoms with E-state index in [1.807, 2.05) is 5.32 Å². The summed E-state index contributed by atoms with van der Waals surface area (Å²) < 4.78 is 0. The van der Waals surface area contributed by atoms with E-state index in [9.17, 15) is 9.59 Å². The number of carbonyl (C=O) groups excluding carboxylic acids is 2. The zero-order valence-electron chi connectivity index (χ0n) is 15.8. The number of nitrogens with two attached hydrogens (primary N) is 1. The number of urea groups is 1. The lowest BCUT2D eigenvalue weighted by molar-refractivity contribution is -0.692. The van der Waals surface area contributed by atoms with E-state index in [2.05, 4.69) is 62.6 Å². The normalized spacial score (nSPS) is 16.4. The lowest BCUT2D eigenvalue weighted by Crippen LogP contribution is -2.88. The quantitative estimate of drug-likeness (QED) is 0.676. The monoisotopic (exact) mass is 346 g/mol. The molecule has 5 nitrogen and oxygen atoms in total. The highest BCUT2D eigenvalue weighted by molar-refractivity contribution is 5.94. The molecule has 3 amide bonds. The van der Waals surface area contributed by atoms with Gasteiger partial charge in [0.15, 0.2) is 6.54 Å². The molecule has 0 bridgehead atoms. The van der Waals surface area contributed by atoms with Gasteiger partial charge < -0.3 is 10.6 Å². The molecule has 0 unspecified atom stereocenters. The molecule has 138 valence electrons. The lowest BCUT2D eigenvalue weighted by atomic mass is 9.92. The Labute approximate surface area is 151 Å². The number of nitrogens with one attached hydrogen (secondary N) is 2. The van der Waals surface area contributed by atoms with Crippen LogP contribution in [0, 0.1) is 5.92 Å². The topological polar surface area (TPSA) is 74.8 Å². The second kappa shape index (κ2) is 8.99. The minimum atomic E-state index is -0.375. The summed E-state index contributed by atoms with van der Waals surface area (Å²) in [5.74, 6) is 0.703. The van der Waals surface area contributed by atoms with Gasteiger partial charge in [-0.2, -0.15) is 0 Å². The average molecular weight is 346 g/mol. The molecule has 0 spiro atoms. The summed E-state index contributed by atoms with van der Waals surface area (Å²) in [7, 11) is 0. The summed E-state index contributed by atoms with van der Waals surface area (Å²) in [4.78, 5) is 23.6. The summed E-state index contributed by atoms with van der Waals surface area (Å²) in [5.41, 5.74) is 2.57. The molecule has 5 heteroatoms. The van der Waals surface area contributed by atoms with Crippen LogP contribution in [0.3, 0.4) is 0 Å². The number of amides is 3. The first-order chi connectivity index (χ1) is 11.9. The summed E-state index contributed by atoms with van der Waals surface area (Å²) in [5, 5.41) is 7.19. The maximum atomic E-state index is 12.0. The third-order valence-corrected chi connectivity index (χ3v) is 4.94. The van der Waals surface area contributed by atoms with Crippen molar-refractivity contribution in [3.05, 3.63) is 35.4 Å². The first-order valence-corrected chi connectivity index (χ1v) is 9.44. The summed E-state index contributed by atoms with van der Waals surface area (Å²) >= 11 is 0. The van der Waals surface area contributed by atoms with Gasteiger partial charge in [-0.25, -0.2) is 4.79 Å². The van der Waals surface area contributed by atoms with E-state index in [1.54, 1.807) is 0 Å². The standard InChI is InChI=1S/C20H31N3O2/c1-5-14(4)15-6-8-16(9-7-15)19(13(2)3)21-12-18(24)23-20(25)22-17-10-11-17/h6-9,13-14,17,19,21H,5,10-12H2,1-4H3,(H2,22,23,24,25)/p+1/t14-,19+/m1/s1. The molecule has 4 N–H and O–H groups in total. The van der Waals surface area contributed by atoms with Crippen LogP contribution in [0.2, 0.25) is 0 Å². The summed E-state index contributed by atoms with van der Waals surface area (Å²) in [6.07, 6.45) is 3.15. The molecule has 2 rings (SSSR count). The fourth-order valence-corrected chi connectivity index (χ4v) is 2.94. The molecule has 1 fully saturated rings. The van der Waals surface area contributed by atoms with E-state index in [-0.39, 0.29) is 30.6 Å². The van der Waals surface area contributed by atoms with E-state index in [4.69, 9.17) is 0 Å². The van der Waals surface area contributed by atoms with E-state index >= 15 is 0 Å². The Morgan fingerprint density at radius 1 is 1.12 bits per heavy atom. The molecular weight excluding hydrogens is 314 g/mol. The van der Waals surface area contributed by atoms with Crippen LogP contribution in [-0.2, 0) is 4.79 Å². The van der Waals surface area contributed by atoms with Gasteiger partial charge in [0.05, 0.1) is 0 Å². The number of hydrogen-bond acceptors (Lipinski definition) is 2. The average Bonchev–Trinajstić information content (AvgIpc) is 3.38. The van der Waals surface area contributed by atoms with Crippen molar-refractivity contribution in [3.8, 4) is 0 Å². The Kier molecular flexibility index (Phi) is 7.00. The van der Waals surface area contributed by atoms with E-state index in [0.29, 0.717) is 11.8 Å². The molecule has 1 aliphatic rings. The zero-order chi connectivity index (χ0) is 18.4. The lowest BCUT2D eigenvalue weighted by Gasteiger charge is -2.20. The molecule has 2 atom stereocenters. The van der Waals surface area contributed by atoms with Crippen LogP contribution < -0.4 is 16.0 Å². The molecule has 0 radical (unpaired) electrons. The Morgan fingerprint density at radius 2 is 1.72 bits per heavy atom. The van der Waals surface area contributed by atoms with Gasteiger partial charge in [-0.3, -0.25) is 10.1 Å². The Morgan fingerprint density at radius 3 is 2.24 bits per heavy atom. The highest BCUT2D eigenvalue weighted by Crippen LogP contribution is 2.23. The van der Waals surface area contributed by atoms with Crippen LogP contribution >= 0.6 is 0 Å². The van der Waals surface area contributed by atoms with Crippen molar-refractivity contribution in [2.75, 3.05) is 6.54 Å². The smallest absolute Gasteiger partial charge is 0.321 e. The number of benzene rings is 1. The minimum absolute atomic E-state index is 0.197. The zero-order valence-corrected chi connectivity index (χ0v) is 15.8. The first kappa shape index (κ1) is 19.4. The van der Waals surface area contributed by atoms with Gasteiger partial charge in [0.25, 0.3) is 5.91 Å². The molecule has 1 saturated carbocycles. The van der Waals surface area contributed by atoms with Gasteiger partial charge in [0.2, 0.25) is 0 Å². The molecule has 0 aliphatic heterocycles. The van der Waals surface area contributed by atoms with Crippen molar-refractivity contribution in [2.24, 2.45) is 5.92 Å². The van der Waals surface area contributed by atoms with Crippen molar-refractivity contribution >= 4 is 11.9 Å². The maximum Gasteiger partial charge on any atom is 0.321 e. The molecule has 0 saturated heterocycles. The van der Waals surface area contributed by atoms with Crippen LogP contribution in [0.1, 0.15) is 70.0 Å². The van der Waals surface area contributed by atoms with Gasteiger partial charge >= 0.3 is 6.03 Å². The maximum absolute atomic E-state index is 12.0. The van der Waals surface area contributed by atoms with Gasteiger partial charge in [0.1, 0.15) is 6.04 Å². The molecule has 25 heavy (non-hydrogen) atoms. The molecule has 1 aromatic carbocycles. The van der Waals surface area contributed by atoms with Gasteiger partial charge in [0, 0.05) is 17.5 Å². The third-order valence-electron chi connectivity index (χ3n) is 4.94. The molecule has 0 heterocycles. The van der Waals surface area contributed by atoms with Crippen LogP contribution in [0.5, 0.6) is 0 Å².